The molecule has 0 bridgehead atoms. The molecule has 122 valence electrons. The van der Waals surface area contributed by atoms with Crippen LogP contribution in [0.25, 0.3) is 0 Å². The normalized spacial score (nSPS) is 12.6. The standard InChI is InChI=1S/C18H26FNO2/c1-4-11-22-14-18(21)13-20(10-9-15(2)3)12-16-5-7-17(19)8-6-16/h1,5-8,15,18,21H,9-14H2,2-3H3. The van der Waals surface area contributed by atoms with Gasteiger partial charge in [-0.05, 0) is 36.6 Å². The third-order valence-electron chi connectivity index (χ3n) is 3.31. The molecule has 1 unspecified atom stereocenters. The predicted octanol–water partition coefficient (Wildman–Crippen LogP) is 2.68. The number of hydrogen-bond donors (Lipinski definition) is 1. The molecule has 3 nitrogen and oxygen atoms in total. The van der Waals surface area contributed by atoms with Crippen molar-refractivity contribution < 1.29 is 14.2 Å². The van der Waals surface area contributed by atoms with Gasteiger partial charge in [-0.3, -0.25) is 4.90 Å². The lowest BCUT2D eigenvalue weighted by Crippen LogP contribution is -2.35. The number of aliphatic hydroxyl groups excluding tert-OH is 1. The summed E-state index contributed by atoms with van der Waals surface area (Å²) in [6, 6.07) is 6.47. The number of terminal acetylenes is 1. The van der Waals surface area contributed by atoms with Crippen molar-refractivity contribution in [2.75, 3.05) is 26.3 Å². The van der Waals surface area contributed by atoms with Gasteiger partial charge in [-0.25, -0.2) is 4.39 Å². The number of halogens is 1. The van der Waals surface area contributed by atoms with Crippen LogP contribution in [0.15, 0.2) is 24.3 Å². The van der Waals surface area contributed by atoms with E-state index in [0.29, 0.717) is 19.0 Å². The Labute approximate surface area is 133 Å². The Morgan fingerprint density at radius 3 is 2.59 bits per heavy atom. The molecule has 0 saturated heterocycles. The summed E-state index contributed by atoms with van der Waals surface area (Å²) in [5.41, 5.74) is 1.03. The first-order chi connectivity index (χ1) is 10.5. The molecule has 0 fully saturated rings. The minimum atomic E-state index is -0.582. The Kier molecular flexibility index (Phi) is 8.76. The van der Waals surface area contributed by atoms with Crippen molar-refractivity contribution in [3.63, 3.8) is 0 Å². The third kappa shape index (κ3) is 8.14. The summed E-state index contributed by atoms with van der Waals surface area (Å²) < 4.78 is 18.1. The Bertz CT molecular complexity index is 453. The fraction of sp³-hybridized carbons (Fsp3) is 0.556. The highest BCUT2D eigenvalue weighted by Crippen LogP contribution is 2.10. The Morgan fingerprint density at radius 2 is 2.00 bits per heavy atom. The summed E-state index contributed by atoms with van der Waals surface area (Å²) in [6.45, 7) is 6.84. The molecular weight excluding hydrogens is 281 g/mol. The zero-order chi connectivity index (χ0) is 16.4. The largest absolute Gasteiger partial charge is 0.389 e. The molecule has 0 aliphatic carbocycles. The fourth-order valence-electron chi connectivity index (χ4n) is 2.13. The summed E-state index contributed by atoms with van der Waals surface area (Å²) >= 11 is 0. The van der Waals surface area contributed by atoms with E-state index >= 15 is 0 Å². The van der Waals surface area contributed by atoms with Crippen LogP contribution in [0.2, 0.25) is 0 Å². The van der Waals surface area contributed by atoms with Crippen LogP contribution in [0.4, 0.5) is 4.39 Å². The van der Waals surface area contributed by atoms with Gasteiger partial charge in [-0.1, -0.05) is 31.9 Å². The number of rotatable bonds is 10. The monoisotopic (exact) mass is 307 g/mol. The van der Waals surface area contributed by atoms with Crippen molar-refractivity contribution in [2.45, 2.75) is 32.9 Å². The van der Waals surface area contributed by atoms with Gasteiger partial charge in [-0.2, -0.15) is 0 Å². The fourth-order valence-corrected chi connectivity index (χ4v) is 2.13. The van der Waals surface area contributed by atoms with E-state index in [1.165, 1.54) is 12.1 Å². The van der Waals surface area contributed by atoms with Gasteiger partial charge in [0.05, 0.1) is 12.7 Å². The highest BCUT2D eigenvalue weighted by Gasteiger charge is 2.13. The smallest absolute Gasteiger partial charge is 0.123 e. The van der Waals surface area contributed by atoms with Crippen molar-refractivity contribution in [3.05, 3.63) is 35.6 Å². The lowest BCUT2D eigenvalue weighted by atomic mass is 10.1. The van der Waals surface area contributed by atoms with Crippen LogP contribution in [-0.2, 0) is 11.3 Å². The summed E-state index contributed by atoms with van der Waals surface area (Å²) in [7, 11) is 0. The summed E-state index contributed by atoms with van der Waals surface area (Å²) in [5, 5.41) is 10.0. The van der Waals surface area contributed by atoms with E-state index < -0.39 is 6.10 Å². The van der Waals surface area contributed by atoms with E-state index in [1.807, 2.05) is 0 Å². The highest BCUT2D eigenvalue weighted by molar-refractivity contribution is 5.15. The maximum atomic E-state index is 13.0. The summed E-state index contributed by atoms with van der Waals surface area (Å²) in [4.78, 5) is 2.16. The highest BCUT2D eigenvalue weighted by atomic mass is 19.1. The number of aliphatic hydroxyl groups is 1. The maximum absolute atomic E-state index is 13.0. The average Bonchev–Trinajstić information content (AvgIpc) is 2.47. The van der Waals surface area contributed by atoms with Crippen LogP contribution in [0, 0.1) is 24.1 Å². The molecule has 0 aromatic heterocycles. The zero-order valence-electron chi connectivity index (χ0n) is 13.5. The average molecular weight is 307 g/mol. The zero-order valence-corrected chi connectivity index (χ0v) is 13.5. The molecule has 0 aliphatic heterocycles. The predicted molar refractivity (Wildman–Crippen MR) is 86.8 cm³/mol. The molecule has 1 rings (SSSR count). The van der Waals surface area contributed by atoms with Gasteiger partial charge in [0.2, 0.25) is 0 Å². The summed E-state index contributed by atoms with van der Waals surface area (Å²) in [6.07, 6.45) is 5.57. The minimum Gasteiger partial charge on any atom is -0.389 e. The van der Waals surface area contributed by atoms with Crippen LogP contribution >= 0.6 is 0 Å². The molecule has 1 aromatic rings. The number of ether oxygens (including phenoxy) is 1. The Morgan fingerprint density at radius 1 is 1.32 bits per heavy atom. The molecule has 0 spiro atoms. The van der Waals surface area contributed by atoms with Gasteiger partial charge in [0, 0.05) is 13.1 Å². The topological polar surface area (TPSA) is 32.7 Å². The second kappa shape index (κ2) is 10.3. The van der Waals surface area contributed by atoms with Gasteiger partial charge < -0.3 is 9.84 Å². The quantitative estimate of drug-likeness (QED) is 0.533. The van der Waals surface area contributed by atoms with Gasteiger partial charge in [0.1, 0.15) is 12.4 Å². The van der Waals surface area contributed by atoms with Crippen molar-refractivity contribution in [1.29, 1.82) is 0 Å². The van der Waals surface area contributed by atoms with Crippen LogP contribution in [-0.4, -0.2) is 42.4 Å². The van der Waals surface area contributed by atoms with Crippen molar-refractivity contribution in [3.8, 4) is 12.3 Å². The molecule has 0 aliphatic rings. The van der Waals surface area contributed by atoms with Crippen LogP contribution < -0.4 is 0 Å². The molecule has 0 radical (unpaired) electrons. The van der Waals surface area contributed by atoms with Crippen LogP contribution in [0.5, 0.6) is 0 Å². The number of nitrogens with zero attached hydrogens (tertiary/aromatic N) is 1. The summed E-state index contributed by atoms with van der Waals surface area (Å²) in [5.74, 6) is 2.73. The molecule has 1 N–H and O–H groups in total. The molecule has 0 saturated carbocycles. The molecule has 0 amide bonds. The van der Waals surface area contributed by atoms with Crippen molar-refractivity contribution >= 4 is 0 Å². The van der Waals surface area contributed by atoms with Crippen LogP contribution in [0.3, 0.4) is 0 Å². The minimum absolute atomic E-state index is 0.209. The number of benzene rings is 1. The van der Waals surface area contributed by atoms with Gasteiger partial charge >= 0.3 is 0 Å². The molecule has 22 heavy (non-hydrogen) atoms. The molecular formula is C18H26FNO2. The number of hydrogen-bond acceptors (Lipinski definition) is 3. The van der Waals surface area contributed by atoms with E-state index in [-0.39, 0.29) is 19.0 Å². The van der Waals surface area contributed by atoms with E-state index in [4.69, 9.17) is 11.2 Å². The lowest BCUT2D eigenvalue weighted by molar-refractivity contribution is 0.0252. The van der Waals surface area contributed by atoms with Crippen LogP contribution in [0.1, 0.15) is 25.8 Å². The second-order valence-corrected chi connectivity index (χ2v) is 5.92. The van der Waals surface area contributed by atoms with E-state index in [9.17, 15) is 9.50 Å². The molecule has 1 atom stereocenters. The van der Waals surface area contributed by atoms with E-state index in [2.05, 4.69) is 24.7 Å². The van der Waals surface area contributed by atoms with Crippen molar-refractivity contribution in [2.24, 2.45) is 5.92 Å². The van der Waals surface area contributed by atoms with Gasteiger partial charge in [0.15, 0.2) is 0 Å². The first-order valence-electron chi connectivity index (χ1n) is 7.67. The van der Waals surface area contributed by atoms with Gasteiger partial charge in [0.25, 0.3) is 0 Å². The molecule has 4 heteroatoms. The Hall–Kier alpha value is -1.41. The second-order valence-electron chi connectivity index (χ2n) is 5.92. The first-order valence-corrected chi connectivity index (χ1v) is 7.67. The van der Waals surface area contributed by atoms with E-state index in [0.717, 1.165) is 18.5 Å². The SMILES string of the molecule is C#CCOCC(O)CN(CCC(C)C)Cc1ccc(F)cc1. The van der Waals surface area contributed by atoms with E-state index in [1.54, 1.807) is 12.1 Å². The van der Waals surface area contributed by atoms with Crippen molar-refractivity contribution in [1.82, 2.24) is 4.90 Å². The maximum Gasteiger partial charge on any atom is 0.123 e. The molecule has 0 heterocycles. The molecule has 1 aromatic carbocycles. The lowest BCUT2D eigenvalue weighted by Gasteiger charge is -2.26. The third-order valence-corrected chi connectivity index (χ3v) is 3.31. The van der Waals surface area contributed by atoms with Gasteiger partial charge in [-0.15, -0.1) is 6.42 Å². The Balaban J connectivity index is 2.54. The first kappa shape index (κ1) is 18.6.